The van der Waals surface area contributed by atoms with Gasteiger partial charge in [-0.1, -0.05) is 90.1 Å². The van der Waals surface area contributed by atoms with Crippen molar-refractivity contribution in [2.75, 3.05) is 0 Å². The number of rotatable bonds is 3. The van der Waals surface area contributed by atoms with Crippen LogP contribution in [0.25, 0.3) is 0 Å². The van der Waals surface area contributed by atoms with Gasteiger partial charge in [-0.2, -0.15) is 0 Å². The molecule has 2 aromatic carbocycles. The maximum absolute atomic E-state index is 6.31. The molecule has 0 unspecified atom stereocenters. The third-order valence-corrected chi connectivity index (χ3v) is 3.86. The molecule has 0 heterocycles. The summed E-state index contributed by atoms with van der Waals surface area (Å²) in [5.41, 5.74) is 3.87. The van der Waals surface area contributed by atoms with Crippen LogP contribution < -0.4 is 4.74 Å². The van der Waals surface area contributed by atoms with Crippen LogP contribution >= 0.6 is 0 Å². The Morgan fingerprint density at radius 3 is 1.64 bits per heavy atom. The van der Waals surface area contributed by atoms with E-state index in [1.165, 1.54) is 16.7 Å². The van der Waals surface area contributed by atoms with Crippen LogP contribution in [0.4, 0.5) is 0 Å². The van der Waals surface area contributed by atoms with E-state index in [1.807, 2.05) is 6.07 Å². The predicted octanol–water partition coefficient (Wildman–Crippen LogP) is 5.86. The van der Waals surface area contributed by atoms with E-state index >= 15 is 0 Å². The van der Waals surface area contributed by atoms with Crippen LogP contribution in [-0.2, 0) is 17.4 Å². The molecule has 0 aliphatic rings. The fraction of sp³-hybridized carbons (Fsp3) is 0.429. The Hall–Kier alpha value is -1.76. The van der Waals surface area contributed by atoms with E-state index in [1.54, 1.807) is 0 Å². The molecule has 0 saturated heterocycles. The van der Waals surface area contributed by atoms with Crippen LogP contribution in [0.2, 0.25) is 0 Å². The molecular weight excluding hydrogens is 268 g/mol. The second-order valence-electron chi connectivity index (χ2n) is 7.96. The zero-order chi connectivity index (χ0) is 16.4. The van der Waals surface area contributed by atoms with Crippen molar-refractivity contribution in [3.63, 3.8) is 0 Å². The monoisotopic (exact) mass is 296 g/mol. The number of para-hydroxylation sites is 1. The second kappa shape index (κ2) is 6.16. The summed E-state index contributed by atoms with van der Waals surface area (Å²) in [7, 11) is 0. The summed E-state index contributed by atoms with van der Waals surface area (Å²) in [5, 5.41) is 0. The van der Waals surface area contributed by atoms with Gasteiger partial charge in [-0.3, -0.25) is 0 Å². The van der Waals surface area contributed by atoms with Crippen LogP contribution in [0.5, 0.6) is 5.75 Å². The van der Waals surface area contributed by atoms with Crippen molar-refractivity contribution in [2.45, 2.75) is 59.0 Å². The van der Waals surface area contributed by atoms with E-state index in [9.17, 15) is 0 Å². The van der Waals surface area contributed by atoms with Crippen LogP contribution in [0.1, 0.15) is 58.2 Å². The molecule has 1 heteroatoms. The summed E-state index contributed by atoms with van der Waals surface area (Å²) < 4.78 is 6.31. The van der Waals surface area contributed by atoms with Crippen molar-refractivity contribution in [1.29, 1.82) is 0 Å². The van der Waals surface area contributed by atoms with Gasteiger partial charge in [0.15, 0.2) is 0 Å². The van der Waals surface area contributed by atoms with Crippen LogP contribution in [0, 0.1) is 0 Å². The SMILES string of the molecule is CC(C)(C)c1cccc(C(C)(C)C)c1OCc1ccccc1. The van der Waals surface area contributed by atoms with Crippen molar-refractivity contribution in [1.82, 2.24) is 0 Å². The summed E-state index contributed by atoms with van der Waals surface area (Å²) in [6, 6.07) is 16.9. The largest absolute Gasteiger partial charge is 0.488 e. The lowest BCUT2D eigenvalue weighted by atomic mass is 9.79. The summed E-state index contributed by atoms with van der Waals surface area (Å²) in [6.45, 7) is 14.0. The molecule has 0 N–H and O–H groups in total. The molecule has 118 valence electrons. The Balaban J connectivity index is 2.42. The Morgan fingerprint density at radius 1 is 0.682 bits per heavy atom. The molecule has 0 saturated carbocycles. The van der Waals surface area contributed by atoms with Crippen molar-refractivity contribution < 1.29 is 4.74 Å². The third-order valence-electron chi connectivity index (χ3n) is 3.86. The number of ether oxygens (including phenoxy) is 1. The Morgan fingerprint density at radius 2 is 1.18 bits per heavy atom. The van der Waals surface area contributed by atoms with E-state index in [2.05, 4.69) is 84.0 Å². The van der Waals surface area contributed by atoms with E-state index in [4.69, 9.17) is 4.74 Å². The van der Waals surface area contributed by atoms with E-state index in [0.717, 1.165) is 5.75 Å². The summed E-state index contributed by atoms with van der Waals surface area (Å²) in [4.78, 5) is 0. The Bertz CT molecular complexity index is 580. The predicted molar refractivity (Wildman–Crippen MR) is 94.6 cm³/mol. The molecule has 2 aromatic rings. The summed E-state index contributed by atoms with van der Waals surface area (Å²) >= 11 is 0. The lowest BCUT2D eigenvalue weighted by Crippen LogP contribution is -2.19. The van der Waals surface area contributed by atoms with Crippen LogP contribution in [0.15, 0.2) is 48.5 Å². The quantitative estimate of drug-likeness (QED) is 0.689. The van der Waals surface area contributed by atoms with Crippen molar-refractivity contribution in [3.8, 4) is 5.75 Å². The van der Waals surface area contributed by atoms with Crippen LogP contribution in [-0.4, -0.2) is 0 Å². The summed E-state index contributed by atoms with van der Waals surface area (Å²) in [6.07, 6.45) is 0. The Kier molecular flexibility index (Phi) is 4.65. The molecule has 0 bridgehead atoms. The van der Waals surface area contributed by atoms with E-state index < -0.39 is 0 Å². The summed E-state index contributed by atoms with van der Waals surface area (Å²) in [5.74, 6) is 1.05. The minimum absolute atomic E-state index is 0.0628. The highest BCUT2D eigenvalue weighted by Gasteiger charge is 2.26. The molecule has 0 aliphatic heterocycles. The maximum atomic E-state index is 6.31. The normalized spacial score (nSPS) is 12.3. The first-order valence-electron chi connectivity index (χ1n) is 8.00. The zero-order valence-corrected chi connectivity index (χ0v) is 14.7. The van der Waals surface area contributed by atoms with Gasteiger partial charge in [-0.15, -0.1) is 0 Å². The molecule has 2 rings (SSSR count). The molecular formula is C21H28O. The van der Waals surface area contributed by atoms with Gasteiger partial charge in [0.2, 0.25) is 0 Å². The standard InChI is InChI=1S/C21H28O/c1-20(2,3)17-13-10-14-18(21(4,5)6)19(17)22-15-16-11-8-7-9-12-16/h7-14H,15H2,1-6H3. The molecule has 0 aliphatic carbocycles. The van der Waals surface area contributed by atoms with Gasteiger partial charge in [0.05, 0.1) is 0 Å². The molecule has 0 atom stereocenters. The first-order valence-corrected chi connectivity index (χ1v) is 8.00. The first-order chi connectivity index (χ1) is 10.2. The smallest absolute Gasteiger partial charge is 0.127 e. The van der Waals surface area contributed by atoms with Gasteiger partial charge < -0.3 is 4.74 Å². The van der Waals surface area contributed by atoms with Gasteiger partial charge in [0, 0.05) is 0 Å². The number of hydrogen-bond acceptors (Lipinski definition) is 1. The fourth-order valence-corrected chi connectivity index (χ4v) is 2.60. The third kappa shape index (κ3) is 3.91. The van der Waals surface area contributed by atoms with Gasteiger partial charge in [-0.25, -0.2) is 0 Å². The minimum Gasteiger partial charge on any atom is -0.488 e. The number of benzene rings is 2. The van der Waals surface area contributed by atoms with Gasteiger partial charge in [0.1, 0.15) is 12.4 Å². The lowest BCUT2D eigenvalue weighted by molar-refractivity contribution is 0.289. The van der Waals surface area contributed by atoms with Crippen LogP contribution in [0.3, 0.4) is 0 Å². The molecule has 0 spiro atoms. The highest BCUT2D eigenvalue weighted by Crippen LogP contribution is 2.39. The van der Waals surface area contributed by atoms with Gasteiger partial charge in [0.25, 0.3) is 0 Å². The average Bonchev–Trinajstić information content (AvgIpc) is 2.44. The van der Waals surface area contributed by atoms with Crippen molar-refractivity contribution in [2.24, 2.45) is 0 Å². The zero-order valence-electron chi connectivity index (χ0n) is 14.7. The van der Waals surface area contributed by atoms with Gasteiger partial charge >= 0.3 is 0 Å². The van der Waals surface area contributed by atoms with E-state index in [0.29, 0.717) is 6.61 Å². The lowest BCUT2D eigenvalue weighted by Gasteiger charge is -2.29. The minimum atomic E-state index is 0.0628. The van der Waals surface area contributed by atoms with Crippen molar-refractivity contribution >= 4 is 0 Å². The highest BCUT2D eigenvalue weighted by atomic mass is 16.5. The maximum Gasteiger partial charge on any atom is 0.127 e. The molecule has 1 nitrogen and oxygen atoms in total. The highest BCUT2D eigenvalue weighted by molar-refractivity contribution is 5.48. The fourth-order valence-electron chi connectivity index (χ4n) is 2.60. The second-order valence-corrected chi connectivity index (χ2v) is 7.96. The molecule has 0 radical (unpaired) electrons. The molecule has 0 amide bonds. The van der Waals surface area contributed by atoms with Gasteiger partial charge in [-0.05, 0) is 27.5 Å². The Labute approximate surface area is 135 Å². The topological polar surface area (TPSA) is 9.23 Å². The average molecular weight is 296 g/mol. The number of hydrogen-bond donors (Lipinski definition) is 0. The van der Waals surface area contributed by atoms with E-state index in [-0.39, 0.29) is 10.8 Å². The molecule has 22 heavy (non-hydrogen) atoms. The van der Waals surface area contributed by atoms with Crippen molar-refractivity contribution in [3.05, 3.63) is 65.2 Å². The molecule has 0 fully saturated rings. The molecule has 0 aromatic heterocycles. The first kappa shape index (κ1) is 16.6.